The zero-order valence-electron chi connectivity index (χ0n) is 10.8. The molecular formula is C15H11BrFNO3. The number of fused-ring (bicyclic) bond motifs is 1. The van der Waals surface area contributed by atoms with E-state index in [0.29, 0.717) is 22.6 Å². The van der Waals surface area contributed by atoms with Crippen LogP contribution in [0.15, 0.2) is 40.9 Å². The molecule has 0 aromatic heterocycles. The van der Waals surface area contributed by atoms with Crippen molar-refractivity contribution in [2.24, 2.45) is 0 Å². The number of aliphatic hydroxyl groups excluding tert-OH is 1. The molecular weight excluding hydrogens is 341 g/mol. The van der Waals surface area contributed by atoms with E-state index in [2.05, 4.69) is 21.2 Å². The molecule has 4 nitrogen and oxygen atoms in total. The predicted molar refractivity (Wildman–Crippen MR) is 78.7 cm³/mol. The first kappa shape index (κ1) is 14.0. The lowest BCUT2D eigenvalue weighted by molar-refractivity contribution is -0.118. The second-order valence-corrected chi connectivity index (χ2v) is 5.43. The normalized spacial score (nSPS) is 14.9. The minimum atomic E-state index is -1.01. The smallest absolute Gasteiger partial charge is 0.262 e. The molecule has 2 aromatic carbocycles. The van der Waals surface area contributed by atoms with Gasteiger partial charge < -0.3 is 15.2 Å². The number of ether oxygens (including phenoxy) is 1. The maximum absolute atomic E-state index is 13.5. The van der Waals surface area contributed by atoms with Gasteiger partial charge in [0.25, 0.3) is 5.91 Å². The molecule has 1 heterocycles. The highest BCUT2D eigenvalue weighted by molar-refractivity contribution is 9.10. The van der Waals surface area contributed by atoms with Gasteiger partial charge in [-0.25, -0.2) is 4.39 Å². The third-order valence-electron chi connectivity index (χ3n) is 3.23. The van der Waals surface area contributed by atoms with Crippen LogP contribution < -0.4 is 10.1 Å². The summed E-state index contributed by atoms with van der Waals surface area (Å²) in [5, 5.41) is 13.1. The van der Waals surface area contributed by atoms with Crippen molar-refractivity contribution in [2.45, 2.75) is 6.10 Å². The van der Waals surface area contributed by atoms with Crippen LogP contribution in [0.1, 0.15) is 17.2 Å². The van der Waals surface area contributed by atoms with E-state index in [-0.39, 0.29) is 17.0 Å². The first-order chi connectivity index (χ1) is 10.1. The van der Waals surface area contributed by atoms with E-state index in [1.807, 2.05) is 0 Å². The van der Waals surface area contributed by atoms with Gasteiger partial charge in [0.2, 0.25) is 0 Å². The van der Waals surface area contributed by atoms with E-state index < -0.39 is 11.9 Å². The summed E-state index contributed by atoms with van der Waals surface area (Å²) in [7, 11) is 0. The molecule has 2 N–H and O–H groups in total. The number of benzene rings is 2. The molecule has 1 unspecified atom stereocenters. The second kappa shape index (κ2) is 5.46. The lowest BCUT2D eigenvalue weighted by Crippen LogP contribution is -2.25. The second-order valence-electron chi connectivity index (χ2n) is 4.64. The molecule has 1 aliphatic rings. The molecule has 1 amide bonds. The highest BCUT2D eigenvalue weighted by Gasteiger charge is 2.20. The van der Waals surface area contributed by atoms with E-state index >= 15 is 0 Å². The van der Waals surface area contributed by atoms with E-state index in [0.717, 1.165) is 0 Å². The fraction of sp³-hybridized carbons (Fsp3) is 0.133. The van der Waals surface area contributed by atoms with Gasteiger partial charge in [0.05, 0.1) is 10.2 Å². The molecule has 21 heavy (non-hydrogen) atoms. The van der Waals surface area contributed by atoms with Crippen molar-refractivity contribution in [3.05, 3.63) is 57.8 Å². The van der Waals surface area contributed by atoms with Crippen LogP contribution in [0, 0.1) is 5.82 Å². The number of halogens is 2. The van der Waals surface area contributed by atoms with Crippen molar-refractivity contribution in [1.29, 1.82) is 0 Å². The summed E-state index contributed by atoms with van der Waals surface area (Å²) in [6.45, 7) is -0.0235. The molecule has 108 valence electrons. The summed E-state index contributed by atoms with van der Waals surface area (Å²) in [5.41, 5.74) is 1.44. The Hall–Kier alpha value is -1.92. The lowest BCUT2D eigenvalue weighted by atomic mass is 10.0. The minimum absolute atomic E-state index is 0.0235. The Kier molecular flexibility index (Phi) is 3.65. The zero-order valence-corrected chi connectivity index (χ0v) is 12.4. The maximum atomic E-state index is 13.5. The molecule has 2 aromatic rings. The van der Waals surface area contributed by atoms with Crippen LogP contribution >= 0.6 is 15.9 Å². The molecule has 1 atom stereocenters. The molecule has 3 rings (SSSR count). The number of rotatable bonds is 2. The number of nitrogens with one attached hydrogen (secondary N) is 1. The van der Waals surface area contributed by atoms with E-state index in [4.69, 9.17) is 4.74 Å². The number of hydrogen-bond acceptors (Lipinski definition) is 3. The number of amides is 1. The Morgan fingerprint density at radius 1 is 1.33 bits per heavy atom. The van der Waals surface area contributed by atoms with E-state index in [9.17, 15) is 14.3 Å². The SMILES string of the molecule is O=C1COc2ccc(C(O)c3cccc(F)c3Br)cc2N1. The Morgan fingerprint density at radius 2 is 2.14 bits per heavy atom. The van der Waals surface area contributed by atoms with Crippen LogP contribution in [0.25, 0.3) is 0 Å². The molecule has 0 spiro atoms. The molecule has 0 radical (unpaired) electrons. The Bertz CT molecular complexity index is 720. The Labute approximate surface area is 128 Å². The van der Waals surface area contributed by atoms with Crippen LogP contribution in [0.3, 0.4) is 0 Å². The Balaban J connectivity index is 1.98. The largest absolute Gasteiger partial charge is 0.482 e. The summed E-state index contributed by atoms with van der Waals surface area (Å²) < 4.78 is 19.0. The van der Waals surface area contributed by atoms with Crippen molar-refractivity contribution in [3.63, 3.8) is 0 Å². The topological polar surface area (TPSA) is 58.6 Å². The van der Waals surface area contributed by atoms with Gasteiger partial charge in [-0.1, -0.05) is 18.2 Å². The van der Waals surface area contributed by atoms with Gasteiger partial charge in [-0.3, -0.25) is 4.79 Å². The predicted octanol–water partition coefficient (Wildman–Crippen LogP) is 3.00. The van der Waals surface area contributed by atoms with Gasteiger partial charge in [-0.15, -0.1) is 0 Å². The molecule has 1 aliphatic heterocycles. The molecule has 0 fully saturated rings. The van der Waals surface area contributed by atoms with Gasteiger partial charge >= 0.3 is 0 Å². The highest BCUT2D eigenvalue weighted by Crippen LogP contribution is 2.35. The van der Waals surface area contributed by atoms with Gasteiger partial charge in [0, 0.05) is 5.56 Å². The minimum Gasteiger partial charge on any atom is -0.482 e. The standard InChI is InChI=1S/C15H11BrFNO3/c16-14-9(2-1-3-10(14)17)15(20)8-4-5-12-11(6-8)18-13(19)7-21-12/h1-6,15,20H,7H2,(H,18,19). The highest BCUT2D eigenvalue weighted by atomic mass is 79.9. The summed E-state index contributed by atoms with van der Waals surface area (Å²) in [6.07, 6.45) is -1.01. The first-order valence-corrected chi connectivity index (χ1v) is 7.04. The van der Waals surface area contributed by atoms with Crippen molar-refractivity contribution >= 4 is 27.5 Å². The van der Waals surface area contributed by atoms with E-state index in [1.165, 1.54) is 12.1 Å². The maximum Gasteiger partial charge on any atom is 0.262 e. The average Bonchev–Trinajstić information content (AvgIpc) is 2.48. The van der Waals surface area contributed by atoms with Gasteiger partial charge in [-0.05, 0) is 39.7 Å². The molecule has 0 bridgehead atoms. The third-order valence-corrected chi connectivity index (χ3v) is 4.06. The number of anilines is 1. The van der Waals surface area contributed by atoms with Crippen LogP contribution in [0.4, 0.5) is 10.1 Å². The summed E-state index contributed by atoms with van der Waals surface area (Å²) >= 11 is 3.13. The fourth-order valence-electron chi connectivity index (χ4n) is 2.18. The Morgan fingerprint density at radius 3 is 2.95 bits per heavy atom. The number of aliphatic hydroxyl groups is 1. The van der Waals surface area contributed by atoms with Crippen molar-refractivity contribution < 1.29 is 19.0 Å². The van der Waals surface area contributed by atoms with Crippen LogP contribution in [0.5, 0.6) is 5.75 Å². The van der Waals surface area contributed by atoms with Crippen LogP contribution in [-0.4, -0.2) is 17.6 Å². The monoisotopic (exact) mass is 351 g/mol. The average molecular weight is 352 g/mol. The number of carbonyl (C=O) groups is 1. The molecule has 6 heteroatoms. The van der Waals surface area contributed by atoms with Crippen LogP contribution in [-0.2, 0) is 4.79 Å². The lowest BCUT2D eigenvalue weighted by Gasteiger charge is -2.20. The van der Waals surface area contributed by atoms with E-state index in [1.54, 1.807) is 24.3 Å². The first-order valence-electron chi connectivity index (χ1n) is 6.25. The quantitative estimate of drug-likeness (QED) is 0.874. The number of carbonyl (C=O) groups excluding carboxylic acids is 1. The third kappa shape index (κ3) is 2.64. The molecule has 0 saturated carbocycles. The van der Waals surface area contributed by atoms with Crippen molar-refractivity contribution in [3.8, 4) is 5.75 Å². The van der Waals surface area contributed by atoms with Gasteiger partial charge in [0.1, 0.15) is 17.7 Å². The summed E-state index contributed by atoms with van der Waals surface area (Å²) in [4.78, 5) is 11.3. The van der Waals surface area contributed by atoms with Crippen LogP contribution in [0.2, 0.25) is 0 Å². The van der Waals surface area contributed by atoms with Gasteiger partial charge in [-0.2, -0.15) is 0 Å². The summed E-state index contributed by atoms with van der Waals surface area (Å²) in [5.74, 6) is -0.147. The number of hydrogen-bond donors (Lipinski definition) is 2. The summed E-state index contributed by atoms with van der Waals surface area (Å²) in [6, 6.07) is 9.43. The zero-order chi connectivity index (χ0) is 15.0. The van der Waals surface area contributed by atoms with Gasteiger partial charge in [0.15, 0.2) is 6.61 Å². The van der Waals surface area contributed by atoms with Crippen molar-refractivity contribution in [1.82, 2.24) is 0 Å². The fourth-order valence-corrected chi connectivity index (χ4v) is 2.66. The van der Waals surface area contributed by atoms with Crippen molar-refractivity contribution in [2.75, 3.05) is 11.9 Å². The molecule has 0 aliphatic carbocycles. The molecule has 0 saturated heterocycles.